The minimum absolute atomic E-state index is 0.0819. The molecular weight excluding hydrogens is 230 g/mol. The topological polar surface area (TPSA) is 73.2 Å². The summed E-state index contributed by atoms with van der Waals surface area (Å²) in [7, 11) is 1.67. The number of carbonyl (C=O) groups excluding carboxylic acids is 2. The lowest BCUT2D eigenvalue weighted by molar-refractivity contribution is -0.124. The molecule has 0 bridgehead atoms. The van der Waals surface area contributed by atoms with E-state index >= 15 is 0 Å². The van der Waals surface area contributed by atoms with Crippen LogP contribution in [-0.2, 0) is 9.59 Å². The molecule has 1 N–H and O–H groups in total. The predicted octanol–water partition coefficient (Wildman–Crippen LogP) is 0.657. The van der Waals surface area contributed by atoms with Gasteiger partial charge in [0.05, 0.1) is 17.6 Å². The van der Waals surface area contributed by atoms with Gasteiger partial charge in [-0.1, -0.05) is 0 Å². The second kappa shape index (κ2) is 4.88. The standard InChI is InChI=1S/C13H13N3O2/c1-16(11-4-2-9(7-14)3-5-11)13(18)10-6-12(17)15-8-10/h2-5,10H,6,8H2,1H3,(H,15,17). The Morgan fingerprint density at radius 2 is 2.11 bits per heavy atom. The van der Waals surface area contributed by atoms with Crippen LogP contribution >= 0.6 is 0 Å². The van der Waals surface area contributed by atoms with E-state index in [0.717, 1.165) is 5.69 Å². The summed E-state index contributed by atoms with van der Waals surface area (Å²) in [6, 6.07) is 8.80. The number of nitriles is 1. The maximum atomic E-state index is 12.1. The lowest BCUT2D eigenvalue weighted by atomic mass is 10.1. The number of carbonyl (C=O) groups is 2. The Labute approximate surface area is 105 Å². The third-order valence-corrected chi connectivity index (χ3v) is 3.04. The third-order valence-electron chi connectivity index (χ3n) is 3.04. The summed E-state index contributed by atoms with van der Waals surface area (Å²) in [5.74, 6) is -0.460. The molecule has 0 aliphatic carbocycles. The number of amides is 2. The minimum Gasteiger partial charge on any atom is -0.355 e. The number of anilines is 1. The van der Waals surface area contributed by atoms with Gasteiger partial charge in [-0.3, -0.25) is 9.59 Å². The van der Waals surface area contributed by atoms with Crippen molar-refractivity contribution >= 4 is 17.5 Å². The van der Waals surface area contributed by atoms with Crippen molar-refractivity contribution in [3.8, 4) is 6.07 Å². The van der Waals surface area contributed by atoms with E-state index in [1.54, 1.807) is 31.3 Å². The molecule has 92 valence electrons. The van der Waals surface area contributed by atoms with E-state index in [2.05, 4.69) is 5.32 Å². The summed E-state index contributed by atoms with van der Waals surface area (Å²) in [4.78, 5) is 24.7. The fourth-order valence-corrected chi connectivity index (χ4v) is 1.94. The molecule has 2 amide bonds. The summed E-state index contributed by atoms with van der Waals surface area (Å²) >= 11 is 0. The molecule has 1 fully saturated rings. The minimum atomic E-state index is -0.293. The molecule has 1 aliphatic heterocycles. The Kier molecular flexibility index (Phi) is 3.28. The molecule has 1 atom stereocenters. The highest BCUT2D eigenvalue weighted by molar-refractivity contribution is 5.98. The molecule has 0 spiro atoms. The highest BCUT2D eigenvalue weighted by Gasteiger charge is 2.30. The first kappa shape index (κ1) is 12.1. The van der Waals surface area contributed by atoms with Gasteiger partial charge in [0.15, 0.2) is 0 Å². The Hall–Kier alpha value is -2.35. The molecule has 2 rings (SSSR count). The van der Waals surface area contributed by atoms with E-state index in [0.29, 0.717) is 12.1 Å². The fraction of sp³-hybridized carbons (Fsp3) is 0.308. The molecular formula is C13H13N3O2. The summed E-state index contributed by atoms with van der Waals surface area (Å²) in [6.07, 6.45) is 0.249. The van der Waals surface area contributed by atoms with Gasteiger partial charge in [0.25, 0.3) is 0 Å². The Morgan fingerprint density at radius 1 is 1.44 bits per heavy atom. The quantitative estimate of drug-likeness (QED) is 0.829. The lowest BCUT2D eigenvalue weighted by Crippen LogP contribution is -2.33. The normalized spacial score (nSPS) is 18.0. The van der Waals surface area contributed by atoms with E-state index < -0.39 is 0 Å². The molecule has 1 aliphatic rings. The summed E-state index contributed by atoms with van der Waals surface area (Å²) in [5, 5.41) is 11.3. The van der Waals surface area contributed by atoms with Crippen LogP contribution in [0.25, 0.3) is 0 Å². The molecule has 0 aromatic heterocycles. The maximum absolute atomic E-state index is 12.1. The average molecular weight is 243 g/mol. The van der Waals surface area contributed by atoms with Crippen molar-refractivity contribution in [2.45, 2.75) is 6.42 Å². The Bertz CT molecular complexity index is 516. The molecule has 1 aromatic carbocycles. The molecule has 18 heavy (non-hydrogen) atoms. The fourth-order valence-electron chi connectivity index (χ4n) is 1.94. The zero-order valence-electron chi connectivity index (χ0n) is 10.0. The van der Waals surface area contributed by atoms with Crippen molar-refractivity contribution in [2.24, 2.45) is 5.92 Å². The van der Waals surface area contributed by atoms with Gasteiger partial charge in [0.1, 0.15) is 0 Å². The maximum Gasteiger partial charge on any atom is 0.232 e. The van der Waals surface area contributed by atoms with E-state index in [1.165, 1.54) is 4.90 Å². The van der Waals surface area contributed by atoms with E-state index in [9.17, 15) is 9.59 Å². The van der Waals surface area contributed by atoms with Crippen molar-refractivity contribution in [1.82, 2.24) is 5.32 Å². The molecule has 5 heteroatoms. The smallest absolute Gasteiger partial charge is 0.232 e. The van der Waals surface area contributed by atoms with Gasteiger partial charge in [0.2, 0.25) is 11.8 Å². The third kappa shape index (κ3) is 2.33. The first-order valence-electron chi connectivity index (χ1n) is 5.66. The average Bonchev–Trinajstić information content (AvgIpc) is 2.84. The van der Waals surface area contributed by atoms with Crippen molar-refractivity contribution < 1.29 is 9.59 Å². The number of rotatable bonds is 2. The van der Waals surface area contributed by atoms with Crippen LogP contribution in [0.15, 0.2) is 24.3 Å². The first-order valence-corrected chi connectivity index (χ1v) is 5.66. The van der Waals surface area contributed by atoms with Crippen LogP contribution in [0.2, 0.25) is 0 Å². The van der Waals surface area contributed by atoms with E-state index in [1.807, 2.05) is 6.07 Å². The van der Waals surface area contributed by atoms with Gasteiger partial charge in [-0.2, -0.15) is 5.26 Å². The number of hydrogen-bond donors (Lipinski definition) is 1. The van der Waals surface area contributed by atoms with Crippen molar-refractivity contribution in [3.63, 3.8) is 0 Å². The monoisotopic (exact) mass is 243 g/mol. The summed E-state index contributed by atoms with van der Waals surface area (Å²) in [5.41, 5.74) is 1.27. The molecule has 1 heterocycles. The van der Waals surface area contributed by atoms with E-state index in [4.69, 9.17) is 5.26 Å². The summed E-state index contributed by atoms with van der Waals surface area (Å²) in [6.45, 7) is 0.401. The van der Waals surface area contributed by atoms with Crippen molar-refractivity contribution in [3.05, 3.63) is 29.8 Å². The second-order valence-electron chi connectivity index (χ2n) is 4.26. The Balaban J connectivity index is 2.10. The van der Waals surface area contributed by atoms with Crippen molar-refractivity contribution in [2.75, 3.05) is 18.5 Å². The van der Waals surface area contributed by atoms with Crippen LogP contribution < -0.4 is 10.2 Å². The van der Waals surface area contributed by atoms with Gasteiger partial charge in [0, 0.05) is 25.7 Å². The predicted molar refractivity (Wildman–Crippen MR) is 65.7 cm³/mol. The molecule has 0 radical (unpaired) electrons. The number of hydrogen-bond acceptors (Lipinski definition) is 3. The van der Waals surface area contributed by atoms with Gasteiger partial charge in [-0.25, -0.2) is 0 Å². The number of nitrogens with one attached hydrogen (secondary N) is 1. The second-order valence-corrected chi connectivity index (χ2v) is 4.26. The Morgan fingerprint density at radius 3 is 2.61 bits per heavy atom. The number of benzene rings is 1. The lowest BCUT2D eigenvalue weighted by Gasteiger charge is -2.20. The zero-order valence-corrected chi connectivity index (χ0v) is 10.0. The largest absolute Gasteiger partial charge is 0.355 e. The summed E-state index contributed by atoms with van der Waals surface area (Å²) < 4.78 is 0. The molecule has 1 unspecified atom stereocenters. The van der Waals surface area contributed by atoms with Crippen LogP contribution in [0.3, 0.4) is 0 Å². The van der Waals surface area contributed by atoms with Crippen molar-refractivity contribution in [1.29, 1.82) is 5.26 Å². The van der Waals surface area contributed by atoms with Gasteiger partial charge < -0.3 is 10.2 Å². The molecule has 1 saturated heterocycles. The van der Waals surface area contributed by atoms with Gasteiger partial charge in [-0.05, 0) is 24.3 Å². The van der Waals surface area contributed by atoms with Gasteiger partial charge in [-0.15, -0.1) is 0 Å². The SMILES string of the molecule is CN(C(=O)C1CNC(=O)C1)c1ccc(C#N)cc1. The van der Waals surface area contributed by atoms with Gasteiger partial charge >= 0.3 is 0 Å². The highest BCUT2D eigenvalue weighted by Crippen LogP contribution is 2.19. The van der Waals surface area contributed by atoms with Crippen LogP contribution in [0, 0.1) is 17.2 Å². The van der Waals surface area contributed by atoms with Crippen LogP contribution in [0.1, 0.15) is 12.0 Å². The molecule has 1 aromatic rings. The number of nitrogens with zero attached hydrogens (tertiary/aromatic N) is 2. The first-order chi connectivity index (χ1) is 8.61. The zero-order chi connectivity index (χ0) is 13.1. The van der Waals surface area contributed by atoms with E-state index in [-0.39, 0.29) is 24.2 Å². The van der Waals surface area contributed by atoms with Crippen LogP contribution in [0.5, 0.6) is 0 Å². The molecule has 5 nitrogen and oxygen atoms in total. The highest BCUT2D eigenvalue weighted by atomic mass is 16.2. The van der Waals surface area contributed by atoms with Crippen LogP contribution in [0.4, 0.5) is 5.69 Å². The van der Waals surface area contributed by atoms with Crippen LogP contribution in [-0.4, -0.2) is 25.4 Å². The molecule has 0 saturated carbocycles.